The van der Waals surface area contributed by atoms with Crippen molar-refractivity contribution in [2.45, 2.75) is 97.2 Å². The van der Waals surface area contributed by atoms with Gasteiger partial charge in [0.25, 0.3) is 0 Å². The molecule has 3 N–H and O–H groups in total. The minimum absolute atomic E-state index is 0.0750. The van der Waals surface area contributed by atoms with Crippen LogP contribution in [-0.4, -0.2) is 49.2 Å². The van der Waals surface area contributed by atoms with Gasteiger partial charge < -0.3 is 5.11 Å². The van der Waals surface area contributed by atoms with Gasteiger partial charge in [-0.2, -0.15) is 16.8 Å². The summed E-state index contributed by atoms with van der Waals surface area (Å²) in [6.07, 6.45) is 4.89. The van der Waals surface area contributed by atoms with Crippen LogP contribution >= 0.6 is 0 Å². The van der Waals surface area contributed by atoms with E-state index in [-0.39, 0.29) is 46.8 Å². The molecule has 4 saturated carbocycles. The van der Waals surface area contributed by atoms with Crippen LogP contribution < -0.4 is 0 Å². The van der Waals surface area contributed by atoms with Crippen molar-refractivity contribution in [3.05, 3.63) is 0 Å². The maximum atomic E-state index is 11.9. The van der Waals surface area contributed by atoms with Gasteiger partial charge in [-0.1, -0.05) is 20.8 Å². The molecule has 0 saturated heterocycles. The Morgan fingerprint density at radius 1 is 0.917 bits per heavy atom. The predicted molar refractivity (Wildman–Crippen MR) is 129 cm³/mol. The first kappa shape index (κ1) is 28.2. The summed E-state index contributed by atoms with van der Waals surface area (Å²) < 4.78 is 75.5. The van der Waals surface area contributed by atoms with Gasteiger partial charge in [-0.15, -0.1) is 0 Å². The van der Waals surface area contributed by atoms with Crippen molar-refractivity contribution < 1.29 is 44.2 Å². The average Bonchev–Trinajstić information content (AvgIpc) is 3.08. The SMILES string of the molecule is CC(CCC(=O)O)C1CCC2C3C(OS(=O)(=O)O)CC4CC(OS(=O)(=O)O)CC[C@]4(C)C3CC[C@]12C. The van der Waals surface area contributed by atoms with Crippen LogP contribution in [-0.2, 0) is 34.0 Å². The summed E-state index contributed by atoms with van der Waals surface area (Å²) in [7, 11) is -9.30. The smallest absolute Gasteiger partial charge is 0.397 e. The zero-order valence-electron chi connectivity index (χ0n) is 21.2. The van der Waals surface area contributed by atoms with Gasteiger partial charge in [0, 0.05) is 6.42 Å². The minimum atomic E-state index is -4.70. The van der Waals surface area contributed by atoms with E-state index in [1.54, 1.807) is 0 Å². The molecule has 0 aromatic rings. The highest BCUT2D eigenvalue weighted by atomic mass is 32.3. The fraction of sp³-hybridized carbons (Fsp3) is 0.958. The lowest BCUT2D eigenvalue weighted by molar-refractivity contribution is -0.166. The largest absolute Gasteiger partial charge is 0.481 e. The van der Waals surface area contributed by atoms with Gasteiger partial charge in [-0.25, -0.2) is 8.37 Å². The second-order valence-electron chi connectivity index (χ2n) is 12.3. The first-order chi connectivity index (χ1) is 16.5. The monoisotopic (exact) mass is 552 g/mol. The molecule has 0 bridgehead atoms. The van der Waals surface area contributed by atoms with E-state index in [9.17, 15) is 30.7 Å². The molecule has 10 atom stereocenters. The molecule has 0 amide bonds. The molecule has 0 aliphatic heterocycles. The van der Waals surface area contributed by atoms with Crippen LogP contribution in [0.5, 0.6) is 0 Å². The molecule has 8 unspecified atom stereocenters. The van der Waals surface area contributed by atoms with Crippen LogP contribution in [0.4, 0.5) is 0 Å². The molecule has 4 fully saturated rings. The van der Waals surface area contributed by atoms with Crippen molar-refractivity contribution >= 4 is 26.8 Å². The second kappa shape index (κ2) is 9.75. The molecule has 0 aromatic heterocycles. The van der Waals surface area contributed by atoms with E-state index in [0.717, 1.165) is 25.7 Å². The summed E-state index contributed by atoms with van der Waals surface area (Å²) >= 11 is 0. The minimum Gasteiger partial charge on any atom is -0.481 e. The molecule has 0 heterocycles. The van der Waals surface area contributed by atoms with E-state index in [4.69, 9.17) is 13.5 Å². The highest BCUT2D eigenvalue weighted by Gasteiger charge is 2.64. The van der Waals surface area contributed by atoms with Crippen LogP contribution in [0.15, 0.2) is 0 Å². The van der Waals surface area contributed by atoms with Crippen LogP contribution in [0.2, 0.25) is 0 Å². The Balaban J connectivity index is 1.63. The molecule has 12 heteroatoms. The van der Waals surface area contributed by atoms with Crippen molar-refractivity contribution in [3.63, 3.8) is 0 Å². The molecular formula is C24H40O10S2. The van der Waals surface area contributed by atoms with Crippen molar-refractivity contribution in [2.75, 3.05) is 0 Å². The molecular weight excluding hydrogens is 512 g/mol. The first-order valence-corrected chi connectivity index (χ1v) is 15.8. The van der Waals surface area contributed by atoms with Gasteiger partial charge in [0.15, 0.2) is 0 Å². The van der Waals surface area contributed by atoms with Crippen LogP contribution in [0.25, 0.3) is 0 Å². The maximum Gasteiger partial charge on any atom is 0.397 e. The van der Waals surface area contributed by atoms with E-state index in [1.165, 1.54) is 0 Å². The van der Waals surface area contributed by atoms with Crippen molar-refractivity contribution in [3.8, 4) is 0 Å². The molecule has 4 rings (SSSR count). The lowest BCUT2D eigenvalue weighted by atomic mass is 9.43. The standard InChI is InChI=1S/C24H40O10S2/c1-14(4-7-21(25)26)17-5-6-18-22-19(9-11-24(17,18)3)23(2)10-8-16(33-35(27,28)29)12-15(23)13-20(22)34-36(30,31)32/h14-20,22H,4-13H2,1-3H3,(H,25,26)(H,27,28,29)(H,30,31,32)/t14?,15?,16?,17?,18?,19?,20?,22?,23-,24+/m0/s1. The van der Waals surface area contributed by atoms with E-state index in [1.807, 2.05) is 0 Å². The number of carbonyl (C=O) groups is 1. The summed E-state index contributed by atoms with van der Waals surface area (Å²) in [6, 6.07) is 0. The highest BCUT2D eigenvalue weighted by molar-refractivity contribution is 7.81. The van der Waals surface area contributed by atoms with Crippen molar-refractivity contribution in [1.29, 1.82) is 0 Å². The predicted octanol–water partition coefficient (Wildman–Crippen LogP) is 4.13. The van der Waals surface area contributed by atoms with Crippen LogP contribution in [0, 0.1) is 46.3 Å². The van der Waals surface area contributed by atoms with Crippen LogP contribution in [0.3, 0.4) is 0 Å². The molecule has 0 radical (unpaired) electrons. The third-order valence-corrected chi connectivity index (χ3v) is 11.7. The second-order valence-corrected chi connectivity index (χ2v) is 14.4. The lowest BCUT2D eigenvalue weighted by Crippen LogP contribution is -2.59. The molecule has 4 aliphatic rings. The summed E-state index contributed by atoms with van der Waals surface area (Å²) in [5.41, 5.74) is -0.244. The Bertz CT molecular complexity index is 1060. The number of carboxylic acid groups (broad SMARTS) is 1. The molecule has 36 heavy (non-hydrogen) atoms. The quantitative estimate of drug-likeness (QED) is 0.373. The zero-order valence-corrected chi connectivity index (χ0v) is 22.8. The van der Waals surface area contributed by atoms with E-state index >= 15 is 0 Å². The molecule has 0 aromatic carbocycles. The number of fused-ring (bicyclic) bond motifs is 5. The molecule has 4 aliphatic carbocycles. The molecule has 208 valence electrons. The van der Waals surface area contributed by atoms with Gasteiger partial charge in [-0.3, -0.25) is 13.9 Å². The Morgan fingerprint density at radius 2 is 1.53 bits per heavy atom. The number of hydrogen-bond acceptors (Lipinski definition) is 7. The fourth-order valence-corrected chi connectivity index (χ4v) is 10.2. The van der Waals surface area contributed by atoms with Gasteiger partial charge in [-0.05, 0) is 104 Å². The van der Waals surface area contributed by atoms with E-state index in [0.29, 0.717) is 38.0 Å². The van der Waals surface area contributed by atoms with Crippen molar-refractivity contribution in [1.82, 2.24) is 0 Å². The third kappa shape index (κ3) is 5.49. The van der Waals surface area contributed by atoms with Crippen molar-refractivity contribution in [2.24, 2.45) is 46.3 Å². The molecule has 10 nitrogen and oxygen atoms in total. The Labute approximate surface area is 214 Å². The van der Waals surface area contributed by atoms with Gasteiger partial charge >= 0.3 is 26.8 Å². The summed E-state index contributed by atoms with van der Waals surface area (Å²) in [5, 5.41) is 9.17. The van der Waals surface area contributed by atoms with Gasteiger partial charge in [0.05, 0.1) is 12.2 Å². The topological polar surface area (TPSA) is 164 Å². The maximum absolute atomic E-state index is 11.9. The number of rotatable bonds is 8. The third-order valence-electron chi connectivity index (χ3n) is 10.7. The summed E-state index contributed by atoms with van der Waals surface area (Å²) in [4.78, 5) is 11.2. The summed E-state index contributed by atoms with van der Waals surface area (Å²) in [6.45, 7) is 6.58. The normalized spacial score (nSPS) is 43.8. The fourth-order valence-electron chi connectivity index (χ4n) is 9.20. The Morgan fingerprint density at radius 3 is 2.14 bits per heavy atom. The molecule has 0 spiro atoms. The van der Waals surface area contributed by atoms with Crippen LogP contribution in [0.1, 0.15) is 85.0 Å². The number of aliphatic carboxylic acids is 1. The Kier molecular flexibility index (Phi) is 7.64. The zero-order chi connectivity index (χ0) is 26.7. The highest BCUT2D eigenvalue weighted by Crippen LogP contribution is 2.69. The Hall–Kier alpha value is -0.790. The van der Waals surface area contributed by atoms with E-state index in [2.05, 4.69) is 20.8 Å². The van der Waals surface area contributed by atoms with Gasteiger partial charge in [0.1, 0.15) is 0 Å². The number of carboxylic acids is 1. The first-order valence-electron chi connectivity index (χ1n) is 13.1. The number of hydrogen-bond donors (Lipinski definition) is 3. The van der Waals surface area contributed by atoms with Gasteiger partial charge in [0.2, 0.25) is 0 Å². The average molecular weight is 553 g/mol. The lowest BCUT2D eigenvalue weighted by Gasteiger charge is -2.62. The summed E-state index contributed by atoms with van der Waals surface area (Å²) in [5.74, 6) is -0.0748. The van der Waals surface area contributed by atoms with E-state index < -0.39 is 39.0 Å².